The van der Waals surface area contributed by atoms with Gasteiger partial charge < -0.3 is 5.32 Å². The van der Waals surface area contributed by atoms with Crippen LogP contribution in [0.5, 0.6) is 0 Å². The fourth-order valence-corrected chi connectivity index (χ4v) is 2.64. The smallest absolute Gasteiger partial charge is 0.224 e. The molecule has 5 heteroatoms. The zero-order valence-corrected chi connectivity index (χ0v) is 12.8. The van der Waals surface area contributed by atoms with Crippen LogP contribution < -0.4 is 5.32 Å². The van der Waals surface area contributed by atoms with Crippen LogP contribution in [0.15, 0.2) is 53.0 Å². The average Bonchev–Trinajstić information content (AvgIpc) is 2.44. The number of benzene rings is 2. The summed E-state index contributed by atoms with van der Waals surface area (Å²) < 4.78 is 1.06. The Kier molecular flexibility index (Phi) is 3.85. The van der Waals surface area contributed by atoms with Gasteiger partial charge in [-0.25, -0.2) is 9.97 Å². The molecule has 0 radical (unpaired) electrons. The van der Waals surface area contributed by atoms with Crippen LogP contribution in [0, 0.1) is 0 Å². The second kappa shape index (κ2) is 5.77. The number of rotatable bonds is 3. The molecule has 0 atom stereocenters. The number of fused-ring (bicyclic) bond motifs is 1. The highest BCUT2D eigenvalue weighted by Crippen LogP contribution is 2.22. The van der Waals surface area contributed by atoms with Crippen LogP contribution in [-0.4, -0.2) is 9.97 Å². The summed E-state index contributed by atoms with van der Waals surface area (Å²) in [6.45, 7) is 0.677. The molecule has 100 valence electrons. The Hall–Kier alpha value is -1.65. The van der Waals surface area contributed by atoms with E-state index in [1.165, 1.54) is 0 Å². The lowest BCUT2D eigenvalue weighted by atomic mass is 10.2. The lowest BCUT2D eigenvalue weighted by Crippen LogP contribution is -2.03. The van der Waals surface area contributed by atoms with E-state index in [0.717, 1.165) is 26.8 Å². The molecule has 3 aromatic rings. The molecular weight excluding hydrogens is 338 g/mol. The van der Waals surface area contributed by atoms with Crippen molar-refractivity contribution < 1.29 is 0 Å². The molecule has 0 fully saturated rings. The van der Waals surface area contributed by atoms with Crippen LogP contribution in [0.1, 0.15) is 5.56 Å². The van der Waals surface area contributed by atoms with E-state index >= 15 is 0 Å². The van der Waals surface area contributed by atoms with Crippen LogP contribution in [0.2, 0.25) is 5.28 Å². The third-order valence-corrected chi connectivity index (χ3v) is 3.59. The molecule has 3 rings (SSSR count). The quantitative estimate of drug-likeness (QED) is 0.700. The largest absolute Gasteiger partial charge is 0.365 e. The number of nitrogens with one attached hydrogen (secondary N) is 1. The number of para-hydroxylation sites is 1. The molecule has 1 aromatic heterocycles. The van der Waals surface area contributed by atoms with E-state index in [-0.39, 0.29) is 5.28 Å². The minimum Gasteiger partial charge on any atom is -0.365 e. The number of halogens is 2. The zero-order chi connectivity index (χ0) is 13.9. The number of anilines is 1. The zero-order valence-electron chi connectivity index (χ0n) is 10.5. The molecule has 0 unspecified atom stereocenters. The van der Waals surface area contributed by atoms with Gasteiger partial charge in [-0.3, -0.25) is 0 Å². The first kappa shape index (κ1) is 13.3. The van der Waals surface area contributed by atoms with Gasteiger partial charge in [-0.05, 0) is 41.4 Å². The lowest BCUT2D eigenvalue weighted by Gasteiger charge is -2.09. The van der Waals surface area contributed by atoms with Gasteiger partial charge in [-0.2, -0.15) is 0 Å². The second-order valence-electron chi connectivity index (χ2n) is 4.34. The second-order valence-corrected chi connectivity index (χ2v) is 5.60. The van der Waals surface area contributed by atoms with Crippen molar-refractivity contribution in [1.29, 1.82) is 0 Å². The third kappa shape index (κ3) is 2.92. The van der Waals surface area contributed by atoms with Gasteiger partial charge in [0.2, 0.25) is 5.28 Å². The predicted octanol–water partition coefficient (Wildman–Crippen LogP) is 4.66. The van der Waals surface area contributed by atoms with E-state index in [9.17, 15) is 0 Å². The van der Waals surface area contributed by atoms with Crippen LogP contribution in [0.3, 0.4) is 0 Å². The summed E-state index contributed by atoms with van der Waals surface area (Å²) in [6.07, 6.45) is 0. The van der Waals surface area contributed by atoms with E-state index in [1.807, 2.05) is 36.4 Å². The SMILES string of the molecule is Clc1nc(NCc2cccc(Br)c2)c2ccccc2n1. The topological polar surface area (TPSA) is 37.8 Å². The number of hydrogen-bond acceptors (Lipinski definition) is 3. The fourth-order valence-electron chi connectivity index (χ4n) is 2.02. The number of hydrogen-bond donors (Lipinski definition) is 1. The van der Waals surface area contributed by atoms with Crippen molar-refractivity contribution in [2.45, 2.75) is 6.54 Å². The maximum Gasteiger partial charge on any atom is 0.224 e. The summed E-state index contributed by atoms with van der Waals surface area (Å²) in [5.41, 5.74) is 2.00. The van der Waals surface area contributed by atoms with E-state index in [2.05, 4.69) is 43.3 Å². The van der Waals surface area contributed by atoms with Crippen LogP contribution >= 0.6 is 27.5 Å². The first-order valence-electron chi connectivity index (χ1n) is 6.13. The van der Waals surface area contributed by atoms with E-state index in [1.54, 1.807) is 0 Å². The van der Waals surface area contributed by atoms with Crippen LogP contribution in [-0.2, 0) is 6.54 Å². The molecule has 20 heavy (non-hydrogen) atoms. The van der Waals surface area contributed by atoms with Crippen molar-refractivity contribution in [3.8, 4) is 0 Å². The first-order valence-corrected chi connectivity index (χ1v) is 7.30. The fraction of sp³-hybridized carbons (Fsp3) is 0.0667. The Balaban J connectivity index is 1.91. The normalized spacial score (nSPS) is 10.7. The van der Waals surface area contributed by atoms with Gasteiger partial charge in [0.1, 0.15) is 5.82 Å². The predicted molar refractivity (Wildman–Crippen MR) is 86.0 cm³/mol. The van der Waals surface area contributed by atoms with Gasteiger partial charge in [0.15, 0.2) is 0 Å². The van der Waals surface area contributed by atoms with Crippen molar-refractivity contribution in [2.75, 3.05) is 5.32 Å². The van der Waals surface area contributed by atoms with Crippen molar-refractivity contribution in [1.82, 2.24) is 9.97 Å². The Bertz CT molecular complexity index is 761. The van der Waals surface area contributed by atoms with Crippen molar-refractivity contribution in [2.24, 2.45) is 0 Å². The first-order chi connectivity index (χ1) is 9.72. The minimum absolute atomic E-state index is 0.250. The Labute approximate surface area is 130 Å². The van der Waals surface area contributed by atoms with Gasteiger partial charge in [0, 0.05) is 16.4 Å². The molecule has 0 saturated carbocycles. The van der Waals surface area contributed by atoms with Gasteiger partial charge in [0.05, 0.1) is 5.52 Å². The molecule has 0 spiro atoms. The molecule has 1 heterocycles. The molecule has 0 aliphatic rings. The highest BCUT2D eigenvalue weighted by molar-refractivity contribution is 9.10. The van der Waals surface area contributed by atoms with Crippen LogP contribution in [0.25, 0.3) is 10.9 Å². The molecule has 0 bridgehead atoms. The highest BCUT2D eigenvalue weighted by Gasteiger charge is 2.05. The van der Waals surface area contributed by atoms with E-state index in [4.69, 9.17) is 11.6 Å². The summed E-state index contributed by atoms with van der Waals surface area (Å²) in [4.78, 5) is 8.48. The highest BCUT2D eigenvalue weighted by atomic mass is 79.9. The van der Waals surface area contributed by atoms with Gasteiger partial charge in [-0.15, -0.1) is 0 Å². The van der Waals surface area contributed by atoms with Crippen molar-refractivity contribution in [3.63, 3.8) is 0 Å². The molecule has 1 N–H and O–H groups in total. The van der Waals surface area contributed by atoms with Crippen LogP contribution in [0.4, 0.5) is 5.82 Å². The molecular formula is C15H11BrClN3. The maximum absolute atomic E-state index is 5.96. The Morgan fingerprint density at radius 2 is 1.90 bits per heavy atom. The lowest BCUT2D eigenvalue weighted by molar-refractivity contribution is 1.10. The Morgan fingerprint density at radius 3 is 2.75 bits per heavy atom. The van der Waals surface area contributed by atoms with Crippen molar-refractivity contribution >= 4 is 44.3 Å². The van der Waals surface area contributed by atoms with E-state index < -0.39 is 0 Å². The minimum atomic E-state index is 0.250. The van der Waals surface area contributed by atoms with E-state index in [0.29, 0.717) is 6.54 Å². The van der Waals surface area contributed by atoms with Gasteiger partial charge in [0.25, 0.3) is 0 Å². The van der Waals surface area contributed by atoms with Crippen molar-refractivity contribution in [3.05, 3.63) is 63.9 Å². The average molecular weight is 349 g/mol. The van der Waals surface area contributed by atoms with Gasteiger partial charge >= 0.3 is 0 Å². The molecule has 3 nitrogen and oxygen atoms in total. The standard InChI is InChI=1S/C15H11BrClN3/c16-11-5-3-4-10(8-11)9-18-14-12-6-1-2-7-13(12)19-15(17)20-14/h1-8H,9H2,(H,18,19,20). The molecule has 0 saturated heterocycles. The molecule has 2 aromatic carbocycles. The third-order valence-electron chi connectivity index (χ3n) is 2.92. The summed E-state index contributed by atoms with van der Waals surface area (Å²) in [5.74, 6) is 0.751. The maximum atomic E-state index is 5.96. The Morgan fingerprint density at radius 1 is 1.05 bits per heavy atom. The molecule has 0 amide bonds. The number of aromatic nitrogens is 2. The molecule has 0 aliphatic carbocycles. The molecule has 0 aliphatic heterocycles. The summed E-state index contributed by atoms with van der Waals surface area (Å²) in [7, 11) is 0. The summed E-state index contributed by atoms with van der Waals surface area (Å²) in [5, 5.41) is 4.53. The monoisotopic (exact) mass is 347 g/mol. The summed E-state index contributed by atoms with van der Waals surface area (Å²) >= 11 is 9.43. The van der Waals surface area contributed by atoms with Gasteiger partial charge in [-0.1, -0.05) is 40.2 Å². The summed E-state index contributed by atoms with van der Waals surface area (Å²) in [6, 6.07) is 15.9. The number of nitrogens with zero attached hydrogens (tertiary/aromatic N) is 2.